The highest BCUT2D eigenvalue weighted by Crippen LogP contribution is 2.15. The van der Waals surface area contributed by atoms with Gasteiger partial charge in [0, 0.05) is 36.9 Å². The Balaban J connectivity index is 1.61. The van der Waals surface area contributed by atoms with Gasteiger partial charge in [-0.15, -0.1) is 0 Å². The summed E-state index contributed by atoms with van der Waals surface area (Å²) in [5, 5.41) is 0. The molecule has 4 aromatic rings. The maximum Gasteiger partial charge on any atom is 0.195 e. The lowest BCUT2D eigenvalue weighted by Gasteiger charge is -2.04. The van der Waals surface area contributed by atoms with Gasteiger partial charge < -0.3 is 9.97 Å². The second kappa shape index (κ2) is 6.04. The van der Waals surface area contributed by atoms with Crippen molar-refractivity contribution in [1.29, 1.82) is 0 Å². The van der Waals surface area contributed by atoms with Crippen LogP contribution >= 0.6 is 0 Å². The van der Waals surface area contributed by atoms with Crippen molar-refractivity contribution < 1.29 is 0 Å². The lowest BCUT2D eigenvalue weighted by molar-refractivity contribution is 0.966. The number of hydrogen-bond donors (Lipinski definition) is 2. The van der Waals surface area contributed by atoms with E-state index >= 15 is 0 Å². The van der Waals surface area contributed by atoms with Gasteiger partial charge in [0.15, 0.2) is 17.5 Å². The molecule has 24 heavy (non-hydrogen) atoms. The van der Waals surface area contributed by atoms with Crippen LogP contribution in [0.25, 0.3) is 23.2 Å². The van der Waals surface area contributed by atoms with E-state index in [0.29, 0.717) is 23.9 Å². The zero-order valence-electron chi connectivity index (χ0n) is 13.1. The number of rotatable bonds is 4. The third-order valence-electron chi connectivity index (χ3n) is 3.57. The number of hydrogen-bond acceptors (Lipinski definition) is 5. The smallest absolute Gasteiger partial charge is 0.195 e. The lowest BCUT2D eigenvalue weighted by atomic mass is 10.2. The Morgan fingerprint density at radius 1 is 0.833 bits per heavy atom. The molecule has 0 unspecified atom stereocenters. The molecule has 4 heterocycles. The van der Waals surface area contributed by atoms with Crippen LogP contribution in [0.3, 0.4) is 0 Å². The van der Waals surface area contributed by atoms with Crippen LogP contribution < -0.4 is 0 Å². The quantitative estimate of drug-likeness (QED) is 0.603. The minimum absolute atomic E-state index is 0.576. The van der Waals surface area contributed by atoms with E-state index in [2.05, 4.69) is 34.9 Å². The monoisotopic (exact) mass is 317 g/mol. The molecule has 0 spiro atoms. The number of aromatic amines is 2. The Morgan fingerprint density at radius 2 is 1.58 bits per heavy atom. The molecular formula is C17H15N7. The highest BCUT2D eigenvalue weighted by molar-refractivity contribution is 5.50. The molecule has 0 atom stereocenters. The first-order valence-corrected chi connectivity index (χ1v) is 7.57. The van der Waals surface area contributed by atoms with Gasteiger partial charge in [-0.3, -0.25) is 0 Å². The second-order valence-electron chi connectivity index (χ2n) is 5.41. The minimum Gasteiger partial charge on any atom is -0.356 e. The fraction of sp³-hybridized carbons (Fsp3) is 0.118. The average Bonchev–Trinajstić information content (AvgIpc) is 3.27. The van der Waals surface area contributed by atoms with Crippen molar-refractivity contribution >= 4 is 0 Å². The Bertz CT molecular complexity index is 957. The van der Waals surface area contributed by atoms with Crippen LogP contribution in [0.4, 0.5) is 0 Å². The largest absolute Gasteiger partial charge is 0.356 e. The number of nitrogens with zero attached hydrogens (tertiary/aromatic N) is 5. The fourth-order valence-electron chi connectivity index (χ4n) is 2.44. The maximum absolute atomic E-state index is 4.62. The maximum atomic E-state index is 4.62. The number of aryl methyl sites for hydroxylation is 1. The molecule has 0 aliphatic heterocycles. The molecule has 7 nitrogen and oxygen atoms in total. The number of H-pyrrole nitrogens is 2. The lowest BCUT2D eigenvalue weighted by Crippen LogP contribution is -2.00. The number of nitrogens with one attached hydrogen (secondary N) is 2. The first-order chi connectivity index (χ1) is 11.8. The normalized spacial score (nSPS) is 10.9. The molecule has 0 fully saturated rings. The molecule has 4 aromatic heterocycles. The van der Waals surface area contributed by atoms with Gasteiger partial charge >= 0.3 is 0 Å². The van der Waals surface area contributed by atoms with Gasteiger partial charge in [0.2, 0.25) is 0 Å². The summed E-state index contributed by atoms with van der Waals surface area (Å²) in [5.74, 6) is 1.91. The number of imidazole rings is 1. The first-order valence-electron chi connectivity index (χ1n) is 7.57. The predicted octanol–water partition coefficient (Wildman–Crippen LogP) is 2.55. The van der Waals surface area contributed by atoms with E-state index in [9.17, 15) is 0 Å². The van der Waals surface area contributed by atoms with E-state index in [1.165, 1.54) is 0 Å². The second-order valence-corrected chi connectivity index (χ2v) is 5.41. The molecule has 2 N–H and O–H groups in total. The molecule has 118 valence electrons. The third kappa shape index (κ3) is 2.91. The van der Waals surface area contributed by atoms with Crippen LogP contribution in [0.15, 0.2) is 49.1 Å². The zero-order valence-corrected chi connectivity index (χ0v) is 13.1. The van der Waals surface area contributed by atoms with Crippen LogP contribution in [0.2, 0.25) is 0 Å². The zero-order chi connectivity index (χ0) is 16.4. The van der Waals surface area contributed by atoms with E-state index in [-0.39, 0.29) is 0 Å². The Labute approximate surface area is 138 Å². The summed E-state index contributed by atoms with van der Waals surface area (Å²) >= 11 is 0. The van der Waals surface area contributed by atoms with Crippen molar-refractivity contribution in [3.63, 3.8) is 0 Å². The molecule has 0 aliphatic rings. The highest BCUT2D eigenvalue weighted by Gasteiger charge is 2.08. The van der Waals surface area contributed by atoms with E-state index in [1.54, 1.807) is 24.8 Å². The van der Waals surface area contributed by atoms with Crippen molar-refractivity contribution in [1.82, 2.24) is 34.9 Å². The Morgan fingerprint density at radius 3 is 2.25 bits per heavy atom. The molecule has 0 saturated heterocycles. The SMILES string of the molecule is Cc1ccc(-c2nccc(Cc3ccnc(-c4ncc[nH]4)n3)n2)[nH]1. The number of aromatic nitrogens is 7. The summed E-state index contributed by atoms with van der Waals surface area (Å²) in [4.78, 5) is 28.2. The molecule has 4 rings (SSSR count). The topological polar surface area (TPSA) is 96.0 Å². The summed E-state index contributed by atoms with van der Waals surface area (Å²) in [6.45, 7) is 2.00. The molecular weight excluding hydrogens is 302 g/mol. The van der Waals surface area contributed by atoms with Crippen LogP contribution in [0.5, 0.6) is 0 Å². The summed E-state index contributed by atoms with van der Waals surface area (Å²) in [7, 11) is 0. The van der Waals surface area contributed by atoms with Gasteiger partial charge in [-0.25, -0.2) is 24.9 Å². The minimum atomic E-state index is 0.576. The first kappa shape index (κ1) is 14.3. The highest BCUT2D eigenvalue weighted by atomic mass is 15.0. The van der Waals surface area contributed by atoms with Crippen molar-refractivity contribution in [2.45, 2.75) is 13.3 Å². The van der Waals surface area contributed by atoms with Crippen molar-refractivity contribution in [3.8, 4) is 23.2 Å². The molecule has 0 amide bonds. The predicted molar refractivity (Wildman–Crippen MR) is 89.0 cm³/mol. The van der Waals surface area contributed by atoms with E-state index in [1.807, 2.05) is 31.2 Å². The van der Waals surface area contributed by atoms with Gasteiger partial charge in [-0.1, -0.05) is 0 Å². The summed E-state index contributed by atoms with van der Waals surface area (Å²) in [6, 6.07) is 7.76. The van der Waals surface area contributed by atoms with Gasteiger partial charge in [-0.2, -0.15) is 0 Å². The van der Waals surface area contributed by atoms with Crippen molar-refractivity contribution in [3.05, 3.63) is 66.1 Å². The summed E-state index contributed by atoms with van der Waals surface area (Å²) in [5.41, 5.74) is 3.77. The van der Waals surface area contributed by atoms with Gasteiger partial charge in [0.25, 0.3) is 0 Å². The molecule has 0 radical (unpaired) electrons. The summed E-state index contributed by atoms with van der Waals surface area (Å²) in [6.07, 6.45) is 7.53. The average molecular weight is 317 g/mol. The van der Waals surface area contributed by atoms with E-state index < -0.39 is 0 Å². The summed E-state index contributed by atoms with van der Waals surface area (Å²) < 4.78 is 0. The molecule has 0 aromatic carbocycles. The van der Waals surface area contributed by atoms with Crippen molar-refractivity contribution in [2.24, 2.45) is 0 Å². The van der Waals surface area contributed by atoms with E-state index in [0.717, 1.165) is 22.8 Å². The van der Waals surface area contributed by atoms with Gasteiger partial charge in [0.1, 0.15) is 0 Å². The van der Waals surface area contributed by atoms with Crippen LogP contribution in [-0.2, 0) is 6.42 Å². The molecule has 0 saturated carbocycles. The van der Waals surface area contributed by atoms with Crippen LogP contribution in [0, 0.1) is 6.92 Å². The Kier molecular flexibility index (Phi) is 3.59. The van der Waals surface area contributed by atoms with Crippen molar-refractivity contribution in [2.75, 3.05) is 0 Å². The third-order valence-corrected chi connectivity index (χ3v) is 3.57. The van der Waals surface area contributed by atoms with Gasteiger partial charge in [-0.05, 0) is 31.2 Å². The Hall–Kier alpha value is -3.35. The van der Waals surface area contributed by atoms with Gasteiger partial charge in [0.05, 0.1) is 17.1 Å². The molecule has 7 heteroatoms. The standard InChI is InChI=1S/C17H15N7/c1-11-2-3-14(22-11)15-18-6-4-12(23-15)10-13-5-7-19-17(24-13)16-20-8-9-21-16/h2-9,22H,10H2,1H3,(H,20,21). The molecule has 0 bridgehead atoms. The van der Waals surface area contributed by atoms with Crippen LogP contribution in [0.1, 0.15) is 17.1 Å². The van der Waals surface area contributed by atoms with Crippen LogP contribution in [-0.4, -0.2) is 34.9 Å². The fourth-order valence-corrected chi connectivity index (χ4v) is 2.44. The van der Waals surface area contributed by atoms with E-state index in [4.69, 9.17) is 0 Å². The molecule has 0 aliphatic carbocycles.